The molecule has 0 radical (unpaired) electrons. The smallest absolute Gasteiger partial charge is 0.261 e. The molecule has 0 spiro atoms. The van der Waals surface area contributed by atoms with Gasteiger partial charge in [0.05, 0.1) is 10.6 Å². The van der Waals surface area contributed by atoms with Gasteiger partial charge in [-0.3, -0.25) is 9.71 Å². The number of sulfonamides is 1. The van der Waals surface area contributed by atoms with Crippen molar-refractivity contribution in [3.05, 3.63) is 48.8 Å². The fourth-order valence-electron chi connectivity index (χ4n) is 1.43. The first-order valence-corrected chi connectivity index (χ1v) is 6.81. The van der Waals surface area contributed by atoms with Crippen LogP contribution in [0.25, 0.3) is 0 Å². The third-order valence-electron chi connectivity index (χ3n) is 2.39. The van der Waals surface area contributed by atoms with Gasteiger partial charge < -0.3 is 5.32 Å². The second kappa shape index (κ2) is 5.05. The second-order valence-electron chi connectivity index (χ2n) is 3.62. The van der Waals surface area contributed by atoms with Crippen LogP contribution in [0.3, 0.4) is 0 Å². The third kappa shape index (κ3) is 2.78. The first-order chi connectivity index (χ1) is 8.62. The average molecular weight is 263 g/mol. The molecule has 1 aromatic carbocycles. The molecule has 94 valence electrons. The van der Waals surface area contributed by atoms with E-state index in [1.165, 1.54) is 12.4 Å². The summed E-state index contributed by atoms with van der Waals surface area (Å²) >= 11 is 0. The largest absolute Gasteiger partial charge is 0.388 e. The highest BCUT2D eigenvalue weighted by molar-refractivity contribution is 7.92. The molecule has 1 heterocycles. The molecule has 2 rings (SSSR count). The van der Waals surface area contributed by atoms with Crippen LogP contribution >= 0.6 is 0 Å². The molecule has 5 nitrogen and oxygen atoms in total. The van der Waals surface area contributed by atoms with Gasteiger partial charge in [0.1, 0.15) is 0 Å². The highest BCUT2D eigenvalue weighted by atomic mass is 32.2. The predicted octanol–water partition coefficient (Wildman–Crippen LogP) is 1.92. The second-order valence-corrected chi connectivity index (χ2v) is 5.30. The molecular weight excluding hydrogens is 250 g/mol. The van der Waals surface area contributed by atoms with Gasteiger partial charge in [-0.1, -0.05) is 0 Å². The van der Waals surface area contributed by atoms with Gasteiger partial charge >= 0.3 is 0 Å². The van der Waals surface area contributed by atoms with Gasteiger partial charge in [0.25, 0.3) is 10.0 Å². The normalized spacial score (nSPS) is 10.9. The minimum absolute atomic E-state index is 0.221. The molecule has 6 heteroatoms. The quantitative estimate of drug-likeness (QED) is 0.884. The lowest BCUT2D eigenvalue weighted by molar-refractivity contribution is 0.601. The summed E-state index contributed by atoms with van der Waals surface area (Å²) in [4.78, 5) is 4.05. The summed E-state index contributed by atoms with van der Waals surface area (Å²) in [6.07, 6.45) is 3.06. The van der Waals surface area contributed by atoms with Crippen LogP contribution in [0.4, 0.5) is 11.4 Å². The maximum Gasteiger partial charge on any atom is 0.261 e. The van der Waals surface area contributed by atoms with Crippen molar-refractivity contribution in [1.29, 1.82) is 0 Å². The summed E-state index contributed by atoms with van der Waals surface area (Å²) in [7, 11) is -1.77. The van der Waals surface area contributed by atoms with E-state index in [9.17, 15) is 8.42 Å². The zero-order chi connectivity index (χ0) is 13.0. The minimum atomic E-state index is -3.54. The standard InChI is InChI=1S/C12H13N3O2S/c1-13-10-2-4-12(5-3-10)18(16,17)15-11-6-8-14-9-7-11/h2-9,13H,1H3,(H,14,15). The molecule has 0 saturated carbocycles. The molecule has 18 heavy (non-hydrogen) atoms. The van der Waals surface area contributed by atoms with Crippen LogP contribution in [0.1, 0.15) is 0 Å². The van der Waals surface area contributed by atoms with Crippen molar-refractivity contribution in [2.75, 3.05) is 17.1 Å². The highest BCUT2D eigenvalue weighted by Crippen LogP contribution is 2.17. The number of anilines is 2. The molecule has 1 aromatic heterocycles. The number of aromatic nitrogens is 1. The summed E-state index contributed by atoms with van der Waals surface area (Å²) in [5.41, 5.74) is 1.35. The Bertz CT molecular complexity index is 610. The van der Waals surface area contributed by atoms with Crippen molar-refractivity contribution in [3.8, 4) is 0 Å². The Morgan fingerprint density at radius 2 is 1.56 bits per heavy atom. The fraction of sp³-hybridized carbons (Fsp3) is 0.0833. The number of pyridine rings is 1. The van der Waals surface area contributed by atoms with Crippen LogP contribution in [0.15, 0.2) is 53.7 Å². The van der Waals surface area contributed by atoms with Crippen molar-refractivity contribution in [2.24, 2.45) is 0 Å². The van der Waals surface area contributed by atoms with Gasteiger partial charge in [0.15, 0.2) is 0 Å². The number of benzene rings is 1. The van der Waals surface area contributed by atoms with Crippen molar-refractivity contribution in [2.45, 2.75) is 4.90 Å². The molecular formula is C12H13N3O2S. The van der Waals surface area contributed by atoms with E-state index in [0.29, 0.717) is 5.69 Å². The Hall–Kier alpha value is -2.08. The van der Waals surface area contributed by atoms with Gasteiger partial charge in [-0.05, 0) is 36.4 Å². The van der Waals surface area contributed by atoms with E-state index < -0.39 is 10.0 Å². The molecule has 2 aromatic rings. The molecule has 0 fully saturated rings. The van der Waals surface area contributed by atoms with Crippen LogP contribution in [-0.4, -0.2) is 20.4 Å². The summed E-state index contributed by atoms with van der Waals surface area (Å²) in [6.45, 7) is 0. The van der Waals surface area contributed by atoms with Gasteiger partial charge in [-0.25, -0.2) is 8.42 Å². The summed E-state index contributed by atoms with van der Waals surface area (Å²) in [6, 6.07) is 9.71. The zero-order valence-electron chi connectivity index (χ0n) is 9.79. The number of hydrogen-bond acceptors (Lipinski definition) is 4. The van der Waals surface area contributed by atoms with Crippen molar-refractivity contribution < 1.29 is 8.42 Å². The van der Waals surface area contributed by atoms with Crippen LogP contribution in [0.5, 0.6) is 0 Å². The van der Waals surface area contributed by atoms with Crippen molar-refractivity contribution >= 4 is 21.4 Å². The number of rotatable bonds is 4. The molecule has 0 amide bonds. The van der Waals surface area contributed by atoms with E-state index in [2.05, 4.69) is 15.0 Å². The average Bonchev–Trinajstić information content (AvgIpc) is 2.39. The maximum absolute atomic E-state index is 12.0. The predicted molar refractivity (Wildman–Crippen MR) is 71.0 cm³/mol. The van der Waals surface area contributed by atoms with Gasteiger partial charge in [-0.2, -0.15) is 0 Å². The molecule has 0 unspecified atom stereocenters. The van der Waals surface area contributed by atoms with Crippen LogP contribution in [0.2, 0.25) is 0 Å². The Kier molecular flexibility index (Phi) is 3.47. The maximum atomic E-state index is 12.0. The Morgan fingerprint density at radius 1 is 0.944 bits per heavy atom. The fourth-order valence-corrected chi connectivity index (χ4v) is 2.49. The molecule has 0 aliphatic rings. The van der Waals surface area contributed by atoms with E-state index in [4.69, 9.17) is 0 Å². The molecule has 0 atom stereocenters. The molecule has 0 aliphatic carbocycles. The van der Waals surface area contributed by atoms with E-state index in [-0.39, 0.29) is 4.90 Å². The minimum Gasteiger partial charge on any atom is -0.388 e. The SMILES string of the molecule is CNc1ccc(S(=O)(=O)Nc2ccncc2)cc1. The van der Waals surface area contributed by atoms with Gasteiger partial charge in [-0.15, -0.1) is 0 Å². The number of hydrogen-bond donors (Lipinski definition) is 2. The van der Waals surface area contributed by atoms with E-state index >= 15 is 0 Å². The van der Waals surface area contributed by atoms with Gasteiger partial charge in [0, 0.05) is 25.1 Å². The molecule has 0 bridgehead atoms. The first-order valence-electron chi connectivity index (χ1n) is 5.32. The first kappa shape index (κ1) is 12.4. The number of nitrogens with zero attached hydrogens (tertiary/aromatic N) is 1. The van der Waals surface area contributed by atoms with E-state index in [1.54, 1.807) is 43.4 Å². The van der Waals surface area contributed by atoms with Crippen molar-refractivity contribution in [1.82, 2.24) is 4.98 Å². The summed E-state index contributed by atoms with van der Waals surface area (Å²) in [5, 5.41) is 2.93. The Morgan fingerprint density at radius 3 is 2.11 bits per heavy atom. The Balaban J connectivity index is 2.25. The van der Waals surface area contributed by atoms with E-state index in [1.807, 2.05) is 0 Å². The zero-order valence-corrected chi connectivity index (χ0v) is 10.6. The highest BCUT2D eigenvalue weighted by Gasteiger charge is 2.13. The van der Waals surface area contributed by atoms with E-state index in [0.717, 1.165) is 5.69 Å². The van der Waals surface area contributed by atoms with Crippen LogP contribution < -0.4 is 10.0 Å². The summed E-state index contributed by atoms with van der Waals surface area (Å²) in [5.74, 6) is 0. The lowest BCUT2D eigenvalue weighted by atomic mass is 10.3. The monoisotopic (exact) mass is 263 g/mol. The van der Waals surface area contributed by atoms with Gasteiger partial charge in [0.2, 0.25) is 0 Å². The molecule has 2 N–H and O–H groups in total. The number of nitrogens with one attached hydrogen (secondary N) is 2. The molecule has 0 aliphatic heterocycles. The third-order valence-corrected chi connectivity index (χ3v) is 3.78. The topological polar surface area (TPSA) is 71.1 Å². The molecule has 0 saturated heterocycles. The summed E-state index contributed by atoms with van der Waals surface area (Å²) < 4.78 is 26.6. The van der Waals surface area contributed by atoms with Crippen LogP contribution in [-0.2, 0) is 10.0 Å². The van der Waals surface area contributed by atoms with Crippen LogP contribution in [0, 0.1) is 0 Å². The lowest BCUT2D eigenvalue weighted by Crippen LogP contribution is -2.12. The Labute approximate surface area is 106 Å². The lowest BCUT2D eigenvalue weighted by Gasteiger charge is -2.08. The van der Waals surface area contributed by atoms with Crippen molar-refractivity contribution in [3.63, 3.8) is 0 Å².